The van der Waals surface area contributed by atoms with Gasteiger partial charge in [-0.25, -0.2) is 0 Å². The molecule has 0 unspecified atom stereocenters. The van der Waals surface area contributed by atoms with E-state index in [9.17, 15) is 9.90 Å². The van der Waals surface area contributed by atoms with Crippen LogP contribution in [0.4, 0.5) is 0 Å². The fourth-order valence-corrected chi connectivity index (χ4v) is 2.34. The molecule has 5 nitrogen and oxygen atoms in total. The van der Waals surface area contributed by atoms with Gasteiger partial charge >= 0.3 is 0 Å². The summed E-state index contributed by atoms with van der Waals surface area (Å²) in [5, 5.41) is 9.64. The molecule has 1 aliphatic rings. The van der Waals surface area contributed by atoms with Crippen LogP contribution in [0.5, 0.6) is 0 Å². The number of carbonyl (C=O) groups excluding carboxylic acids is 1. The number of β-amino-alcohol motifs (C(OH)–C–C–N with tert-alkyl or cyclic N) is 1. The Balaban J connectivity index is 1.86. The summed E-state index contributed by atoms with van der Waals surface area (Å²) in [7, 11) is 0. The third-order valence-corrected chi connectivity index (χ3v) is 3.69. The van der Waals surface area contributed by atoms with Crippen molar-refractivity contribution in [3.63, 3.8) is 0 Å². The van der Waals surface area contributed by atoms with Gasteiger partial charge in [-0.1, -0.05) is 6.92 Å². The topological polar surface area (TPSA) is 56.9 Å². The van der Waals surface area contributed by atoms with Gasteiger partial charge < -0.3 is 14.4 Å². The number of piperazine rings is 1. The molecule has 2 rings (SSSR count). The smallest absolute Gasteiger partial charge is 0.257 e. The van der Waals surface area contributed by atoms with Crippen LogP contribution in [0.15, 0.2) is 16.7 Å². The highest BCUT2D eigenvalue weighted by atomic mass is 16.3. The van der Waals surface area contributed by atoms with Crippen LogP contribution in [0.2, 0.25) is 0 Å². The molecule has 0 aliphatic carbocycles. The quantitative estimate of drug-likeness (QED) is 0.887. The van der Waals surface area contributed by atoms with E-state index in [0.717, 1.165) is 19.5 Å². The Bertz CT molecular complexity index is 422. The van der Waals surface area contributed by atoms with Gasteiger partial charge in [0.05, 0.1) is 17.9 Å². The zero-order valence-electron chi connectivity index (χ0n) is 11.6. The molecule has 106 valence electrons. The lowest BCUT2D eigenvalue weighted by molar-refractivity contribution is 0.0522. The zero-order valence-corrected chi connectivity index (χ0v) is 11.6. The standard InChI is InChI=1S/C14H22N2O3/c1-3-12(17)10-15-5-7-16(8-6-15)14(18)13-4-9-19-11(13)2/h4,9,12,17H,3,5-8,10H2,1-2H3/t12-/m0/s1. The van der Waals surface area contributed by atoms with Crippen LogP contribution < -0.4 is 0 Å². The van der Waals surface area contributed by atoms with Gasteiger partial charge in [0.25, 0.3) is 5.91 Å². The Morgan fingerprint density at radius 1 is 1.42 bits per heavy atom. The first kappa shape index (κ1) is 14.1. The minimum atomic E-state index is -0.265. The fraction of sp³-hybridized carbons (Fsp3) is 0.643. The van der Waals surface area contributed by atoms with E-state index >= 15 is 0 Å². The van der Waals surface area contributed by atoms with E-state index in [2.05, 4.69) is 4.90 Å². The second-order valence-corrected chi connectivity index (χ2v) is 5.05. The van der Waals surface area contributed by atoms with Gasteiger partial charge in [0.1, 0.15) is 5.76 Å². The monoisotopic (exact) mass is 266 g/mol. The molecule has 0 saturated carbocycles. The normalized spacial score (nSPS) is 18.6. The van der Waals surface area contributed by atoms with Crippen molar-refractivity contribution in [2.24, 2.45) is 0 Å². The Morgan fingerprint density at radius 2 is 2.11 bits per heavy atom. The summed E-state index contributed by atoms with van der Waals surface area (Å²) in [5.41, 5.74) is 0.655. The maximum absolute atomic E-state index is 12.3. The molecule has 0 radical (unpaired) electrons. The molecule has 5 heteroatoms. The lowest BCUT2D eigenvalue weighted by Gasteiger charge is -2.35. The Kier molecular flexibility index (Phi) is 4.61. The third-order valence-electron chi connectivity index (χ3n) is 3.69. The molecular formula is C14H22N2O3. The van der Waals surface area contributed by atoms with Gasteiger partial charge in [0, 0.05) is 32.7 Å². The summed E-state index contributed by atoms with van der Waals surface area (Å²) in [6.45, 7) is 7.54. The van der Waals surface area contributed by atoms with E-state index in [1.54, 1.807) is 19.3 Å². The molecule has 19 heavy (non-hydrogen) atoms. The predicted octanol–water partition coefficient (Wildman–Crippen LogP) is 1.12. The molecule has 0 aromatic carbocycles. The Labute approximate surface area is 113 Å². The maximum Gasteiger partial charge on any atom is 0.257 e. The number of hydrogen-bond acceptors (Lipinski definition) is 4. The van der Waals surface area contributed by atoms with Crippen LogP contribution in [0.1, 0.15) is 29.5 Å². The van der Waals surface area contributed by atoms with E-state index in [-0.39, 0.29) is 12.0 Å². The number of furan rings is 1. The van der Waals surface area contributed by atoms with Gasteiger partial charge in [0.2, 0.25) is 0 Å². The van der Waals surface area contributed by atoms with Crippen molar-refractivity contribution in [2.75, 3.05) is 32.7 Å². The zero-order chi connectivity index (χ0) is 13.8. The van der Waals surface area contributed by atoms with E-state index in [0.29, 0.717) is 31.0 Å². The average Bonchev–Trinajstić information content (AvgIpc) is 2.85. The summed E-state index contributed by atoms with van der Waals surface area (Å²) in [5.74, 6) is 0.718. The number of amides is 1. The molecule has 1 aromatic rings. The SMILES string of the molecule is CC[C@H](O)CN1CCN(C(=O)c2ccoc2C)CC1. The van der Waals surface area contributed by atoms with Crippen LogP contribution in [-0.4, -0.2) is 59.6 Å². The minimum Gasteiger partial charge on any atom is -0.469 e. The molecule has 1 fully saturated rings. The predicted molar refractivity (Wildman–Crippen MR) is 72.1 cm³/mol. The first-order valence-electron chi connectivity index (χ1n) is 6.85. The number of hydrogen-bond donors (Lipinski definition) is 1. The highest BCUT2D eigenvalue weighted by molar-refractivity contribution is 5.95. The minimum absolute atomic E-state index is 0.0435. The van der Waals surface area contributed by atoms with Crippen molar-refractivity contribution in [3.8, 4) is 0 Å². The molecule has 1 aliphatic heterocycles. The summed E-state index contributed by atoms with van der Waals surface area (Å²) < 4.78 is 5.17. The van der Waals surface area contributed by atoms with Gasteiger partial charge in [0.15, 0.2) is 0 Å². The second kappa shape index (κ2) is 6.21. The molecule has 0 spiro atoms. The lowest BCUT2D eigenvalue weighted by atomic mass is 10.2. The van der Waals surface area contributed by atoms with Crippen molar-refractivity contribution in [3.05, 3.63) is 23.7 Å². The highest BCUT2D eigenvalue weighted by Gasteiger charge is 2.24. The van der Waals surface area contributed by atoms with E-state index in [4.69, 9.17) is 4.42 Å². The van der Waals surface area contributed by atoms with Crippen LogP contribution in [0.3, 0.4) is 0 Å². The highest BCUT2D eigenvalue weighted by Crippen LogP contribution is 2.14. The Hall–Kier alpha value is -1.33. The van der Waals surface area contributed by atoms with Crippen molar-refractivity contribution in [1.82, 2.24) is 9.80 Å². The maximum atomic E-state index is 12.3. The molecular weight excluding hydrogens is 244 g/mol. The molecule has 1 saturated heterocycles. The van der Waals surface area contributed by atoms with Crippen molar-refractivity contribution in [1.29, 1.82) is 0 Å². The third kappa shape index (κ3) is 3.36. The number of carbonyl (C=O) groups is 1. The van der Waals surface area contributed by atoms with Gasteiger partial charge in [-0.05, 0) is 19.4 Å². The summed E-state index contributed by atoms with van der Waals surface area (Å²) in [6.07, 6.45) is 2.06. The van der Waals surface area contributed by atoms with Gasteiger partial charge in [-0.2, -0.15) is 0 Å². The van der Waals surface area contributed by atoms with E-state index in [1.165, 1.54) is 0 Å². The fourth-order valence-electron chi connectivity index (χ4n) is 2.34. The number of aliphatic hydroxyl groups excluding tert-OH is 1. The number of aliphatic hydroxyl groups is 1. The van der Waals surface area contributed by atoms with E-state index in [1.807, 2.05) is 11.8 Å². The summed E-state index contributed by atoms with van der Waals surface area (Å²) in [4.78, 5) is 16.3. The van der Waals surface area contributed by atoms with Crippen molar-refractivity contribution in [2.45, 2.75) is 26.4 Å². The first-order valence-corrected chi connectivity index (χ1v) is 6.85. The molecule has 1 amide bonds. The van der Waals surface area contributed by atoms with Crippen molar-refractivity contribution < 1.29 is 14.3 Å². The second-order valence-electron chi connectivity index (χ2n) is 5.05. The summed E-state index contributed by atoms with van der Waals surface area (Å²) >= 11 is 0. The van der Waals surface area contributed by atoms with Crippen LogP contribution in [0.25, 0.3) is 0 Å². The van der Waals surface area contributed by atoms with Crippen LogP contribution in [-0.2, 0) is 0 Å². The van der Waals surface area contributed by atoms with E-state index < -0.39 is 0 Å². The van der Waals surface area contributed by atoms with Gasteiger partial charge in [-0.15, -0.1) is 0 Å². The molecule has 0 bridgehead atoms. The van der Waals surface area contributed by atoms with Gasteiger partial charge in [-0.3, -0.25) is 9.69 Å². The average molecular weight is 266 g/mol. The number of nitrogens with zero attached hydrogens (tertiary/aromatic N) is 2. The number of aryl methyl sites for hydroxylation is 1. The largest absolute Gasteiger partial charge is 0.469 e. The first-order chi connectivity index (χ1) is 9.11. The van der Waals surface area contributed by atoms with Crippen LogP contribution in [0, 0.1) is 6.92 Å². The number of rotatable bonds is 4. The summed E-state index contributed by atoms with van der Waals surface area (Å²) in [6, 6.07) is 1.73. The molecule has 1 aromatic heterocycles. The molecule has 1 N–H and O–H groups in total. The molecule has 2 heterocycles. The lowest BCUT2D eigenvalue weighted by Crippen LogP contribution is -2.50. The van der Waals surface area contributed by atoms with Crippen LogP contribution >= 0.6 is 0 Å². The Morgan fingerprint density at radius 3 is 2.63 bits per heavy atom. The van der Waals surface area contributed by atoms with Crippen molar-refractivity contribution >= 4 is 5.91 Å². The molecule has 1 atom stereocenters.